The van der Waals surface area contributed by atoms with E-state index in [9.17, 15) is 13.6 Å². The fourth-order valence-electron chi connectivity index (χ4n) is 5.69. The third-order valence-corrected chi connectivity index (χ3v) is 7.32. The summed E-state index contributed by atoms with van der Waals surface area (Å²) >= 11 is 0. The van der Waals surface area contributed by atoms with Crippen molar-refractivity contribution in [2.75, 3.05) is 13.1 Å². The molecule has 9 heteroatoms. The van der Waals surface area contributed by atoms with Gasteiger partial charge in [-0.05, 0) is 57.2 Å². The van der Waals surface area contributed by atoms with Gasteiger partial charge in [0, 0.05) is 36.2 Å². The third kappa shape index (κ3) is 4.24. The minimum Gasteiger partial charge on any atom is -0.444 e. The Morgan fingerprint density at radius 3 is 2.68 bits per heavy atom. The van der Waals surface area contributed by atoms with E-state index in [1.807, 2.05) is 45.0 Å². The van der Waals surface area contributed by atoms with Crippen LogP contribution in [0.2, 0.25) is 0 Å². The average molecular weight is 512 g/mol. The maximum atomic E-state index is 15.3. The van der Waals surface area contributed by atoms with Crippen molar-refractivity contribution in [3.63, 3.8) is 0 Å². The molecular formula is C28H28F3N3O3. The number of carbonyl (C=O) groups excluding carboxylic acids is 1. The molecule has 1 fully saturated rings. The number of hydrogen-bond donors (Lipinski definition) is 0. The molecule has 1 saturated carbocycles. The standard InChI is InChI=1S/C28H28F3N3O3/c1-28(2,3)37-27(35)33-10-8-15(9-11-33)17-13-22-21(14-20(17)29)32-25-19-12-18(19)24(34(22)25)16-6-4-5-7-23(16)36-26(30)31/h4-8,13-14,18-19,24,26H,9-12H2,1-3H3/t18-,19+,24-/m0/s1. The number of aromatic nitrogens is 2. The molecule has 6 rings (SSSR count). The van der Waals surface area contributed by atoms with E-state index in [-0.39, 0.29) is 35.5 Å². The summed E-state index contributed by atoms with van der Waals surface area (Å²) in [6.07, 6.45) is 2.87. The van der Waals surface area contributed by atoms with Gasteiger partial charge in [0.25, 0.3) is 0 Å². The van der Waals surface area contributed by atoms with Crippen molar-refractivity contribution < 1.29 is 27.4 Å². The molecular weight excluding hydrogens is 483 g/mol. The van der Waals surface area contributed by atoms with E-state index in [2.05, 4.69) is 4.57 Å². The first kappa shape index (κ1) is 23.9. The van der Waals surface area contributed by atoms with Gasteiger partial charge in [0.05, 0.1) is 17.1 Å². The molecule has 1 amide bonds. The fourth-order valence-corrected chi connectivity index (χ4v) is 5.69. The van der Waals surface area contributed by atoms with Crippen LogP contribution in [0.4, 0.5) is 18.0 Å². The smallest absolute Gasteiger partial charge is 0.410 e. The molecule has 3 aromatic rings. The average Bonchev–Trinajstić information content (AvgIpc) is 3.43. The molecule has 1 aromatic heterocycles. The SMILES string of the molecule is CC(C)(C)OC(=O)N1CC=C(c2cc3c(cc2F)nc2n3[C@@H](c3ccccc3OC(F)F)[C@H]3C[C@@H]23)CC1. The highest BCUT2D eigenvalue weighted by molar-refractivity contribution is 5.84. The van der Waals surface area contributed by atoms with Crippen LogP contribution in [-0.2, 0) is 4.74 Å². The summed E-state index contributed by atoms with van der Waals surface area (Å²) in [4.78, 5) is 18.8. The molecule has 0 N–H and O–H groups in total. The van der Waals surface area contributed by atoms with Gasteiger partial charge in [0.1, 0.15) is 23.0 Å². The monoisotopic (exact) mass is 511 g/mol. The highest BCUT2D eigenvalue weighted by Crippen LogP contribution is 2.63. The molecule has 6 nitrogen and oxygen atoms in total. The van der Waals surface area contributed by atoms with Crippen LogP contribution in [0.25, 0.3) is 16.6 Å². The zero-order chi connectivity index (χ0) is 26.1. The number of hydrogen-bond acceptors (Lipinski definition) is 4. The zero-order valence-electron chi connectivity index (χ0n) is 20.9. The van der Waals surface area contributed by atoms with Crippen LogP contribution in [0.1, 0.15) is 62.5 Å². The van der Waals surface area contributed by atoms with Crippen molar-refractivity contribution in [3.8, 4) is 5.75 Å². The van der Waals surface area contributed by atoms with Gasteiger partial charge in [-0.2, -0.15) is 8.78 Å². The Morgan fingerprint density at radius 1 is 1.19 bits per heavy atom. The zero-order valence-corrected chi connectivity index (χ0v) is 20.9. The van der Waals surface area contributed by atoms with E-state index in [1.165, 1.54) is 6.07 Å². The Kier molecular flexibility index (Phi) is 5.51. The van der Waals surface area contributed by atoms with Gasteiger partial charge >= 0.3 is 12.7 Å². The number of alkyl halides is 2. The molecule has 1 aliphatic carbocycles. The molecule has 3 heterocycles. The molecule has 0 unspecified atom stereocenters. The summed E-state index contributed by atoms with van der Waals surface area (Å²) in [6, 6.07) is 9.93. The molecule has 0 bridgehead atoms. The number of benzene rings is 2. The minimum absolute atomic E-state index is 0.155. The number of fused-ring (bicyclic) bond motifs is 5. The summed E-state index contributed by atoms with van der Waals surface area (Å²) in [7, 11) is 0. The number of nitrogens with zero attached hydrogens (tertiary/aromatic N) is 3. The maximum absolute atomic E-state index is 15.3. The van der Waals surface area contributed by atoms with Crippen molar-refractivity contribution in [1.29, 1.82) is 0 Å². The van der Waals surface area contributed by atoms with Crippen LogP contribution in [0.3, 0.4) is 0 Å². The fraction of sp³-hybridized carbons (Fsp3) is 0.429. The molecule has 0 saturated heterocycles. The maximum Gasteiger partial charge on any atom is 0.410 e. The van der Waals surface area contributed by atoms with Crippen LogP contribution in [-0.4, -0.2) is 45.8 Å². The lowest BCUT2D eigenvalue weighted by atomic mass is 9.97. The highest BCUT2D eigenvalue weighted by atomic mass is 19.3. The molecule has 3 aliphatic rings. The Balaban J connectivity index is 1.36. The van der Waals surface area contributed by atoms with E-state index >= 15 is 4.39 Å². The largest absolute Gasteiger partial charge is 0.444 e. The molecule has 2 aromatic carbocycles. The van der Waals surface area contributed by atoms with Crippen molar-refractivity contribution in [2.45, 2.75) is 57.8 Å². The molecule has 0 spiro atoms. The number of para-hydroxylation sites is 1. The summed E-state index contributed by atoms with van der Waals surface area (Å²) < 4.78 is 53.9. The number of halogens is 3. The van der Waals surface area contributed by atoms with Crippen molar-refractivity contribution in [2.24, 2.45) is 5.92 Å². The van der Waals surface area contributed by atoms with Crippen molar-refractivity contribution >= 4 is 22.7 Å². The summed E-state index contributed by atoms with van der Waals surface area (Å²) in [5.41, 5.74) is 2.70. The van der Waals surface area contributed by atoms with Crippen molar-refractivity contribution in [3.05, 3.63) is 65.2 Å². The summed E-state index contributed by atoms with van der Waals surface area (Å²) in [5, 5.41) is 0. The normalized spacial score (nSPS) is 22.6. The van der Waals surface area contributed by atoms with Crippen LogP contribution in [0, 0.1) is 11.7 Å². The van der Waals surface area contributed by atoms with Gasteiger partial charge in [0.2, 0.25) is 0 Å². The number of amides is 1. The molecule has 0 radical (unpaired) electrons. The van der Waals surface area contributed by atoms with E-state index < -0.39 is 12.2 Å². The first-order chi connectivity index (χ1) is 17.6. The van der Waals surface area contributed by atoms with E-state index in [1.54, 1.807) is 17.0 Å². The third-order valence-electron chi connectivity index (χ3n) is 7.32. The van der Waals surface area contributed by atoms with Gasteiger partial charge < -0.3 is 18.9 Å². The lowest BCUT2D eigenvalue weighted by molar-refractivity contribution is -0.0507. The van der Waals surface area contributed by atoms with Crippen molar-refractivity contribution in [1.82, 2.24) is 14.5 Å². The van der Waals surface area contributed by atoms with Gasteiger partial charge in [-0.3, -0.25) is 0 Å². The number of imidazole rings is 1. The quantitative estimate of drug-likeness (QED) is 0.401. The first-order valence-corrected chi connectivity index (χ1v) is 12.5. The predicted octanol–water partition coefficient (Wildman–Crippen LogP) is 6.51. The van der Waals surface area contributed by atoms with Gasteiger partial charge in [-0.1, -0.05) is 24.3 Å². The van der Waals surface area contributed by atoms with E-state index in [4.69, 9.17) is 14.5 Å². The Hall–Kier alpha value is -3.49. The second kappa shape index (κ2) is 8.53. The van der Waals surface area contributed by atoms with Gasteiger partial charge in [-0.15, -0.1) is 0 Å². The summed E-state index contributed by atoms with van der Waals surface area (Å²) in [5.74, 6) is 1.12. The summed E-state index contributed by atoms with van der Waals surface area (Å²) in [6.45, 7) is 3.29. The highest BCUT2D eigenvalue weighted by Gasteiger charge is 2.55. The first-order valence-electron chi connectivity index (χ1n) is 12.5. The predicted molar refractivity (Wildman–Crippen MR) is 132 cm³/mol. The number of carbonyl (C=O) groups is 1. The lowest BCUT2D eigenvalue weighted by Gasteiger charge is -2.29. The van der Waals surface area contributed by atoms with Gasteiger partial charge in [-0.25, -0.2) is 14.2 Å². The molecule has 2 aliphatic heterocycles. The van der Waals surface area contributed by atoms with Crippen LogP contribution < -0.4 is 4.74 Å². The minimum atomic E-state index is -2.92. The second-order valence-electron chi connectivity index (χ2n) is 10.9. The topological polar surface area (TPSA) is 56.6 Å². The molecule has 37 heavy (non-hydrogen) atoms. The number of ether oxygens (including phenoxy) is 2. The van der Waals surface area contributed by atoms with Crippen LogP contribution >= 0.6 is 0 Å². The second-order valence-corrected chi connectivity index (χ2v) is 10.9. The Labute approximate surface area is 212 Å². The molecule has 194 valence electrons. The Bertz CT molecular complexity index is 1430. The van der Waals surface area contributed by atoms with E-state index in [0.717, 1.165) is 23.3 Å². The van der Waals surface area contributed by atoms with E-state index in [0.29, 0.717) is 36.2 Å². The lowest BCUT2D eigenvalue weighted by Crippen LogP contribution is -2.39. The van der Waals surface area contributed by atoms with Gasteiger partial charge in [0.15, 0.2) is 0 Å². The Morgan fingerprint density at radius 2 is 1.97 bits per heavy atom. The van der Waals surface area contributed by atoms with Crippen LogP contribution in [0.5, 0.6) is 5.75 Å². The molecule has 3 atom stereocenters. The van der Waals surface area contributed by atoms with Crippen LogP contribution in [0.15, 0.2) is 42.5 Å². The number of rotatable bonds is 4.